The Kier molecular flexibility index (Phi) is 7.06. The number of likely N-dealkylation sites (N-methyl/N-ethyl adjacent to an activating group) is 1. The van der Waals surface area contributed by atoms with Crippen LogP contribution in [0.1, 0.15) is 24.2 Å². The van der Waals surface area contributed by atoms with Gasteiger partial charge in [0.25, 0.3) is 5.91 Å². The number of rotatable bonds is 7. The van der Waals surface area contributed by atoms with E-state index in [2.05, 4.69) is 18.7 Å². The molecule has 10 heteroatoms. The molecule has 0 saturated carbocycles. The van der Waals surface area contributed by atoms with E-state index in [-0.39, 0.29) is 24.8 Å². The Balaban J connectivity index is 0.00000274. The summed E-state index contributed by atoms with van der Waals surface area (Å²) >= 11 is 1.38. The number of halogens is 1. The Morgan fingerprint density at radius 1 is 1.06 bits per heavy atom. The Morgan fingerprint density at radius 3 is 2.56 bits per heavy atom. The van der Waals surface area contributed by atoms with Gasteiger partial charge < -0.3 is 18.8 Å². The normalized spacial score (nSPS) is 12.3. The maximum atomic E-state index is 13.6. The number of ether oxygens (including phenoxy) is 2. The quantitative estimate of drug-likeness (QED) is 0.343. The zero-order chi connectivity index (χ0) is 22.9. The van der Waals surface area contributed by atoms with Crippen LogP contribution < -0.4 is 20.0 Å². The second kappa shape index (κ2) is 10.0. The van der Waals surface area contributed by atoms with Crippen molar-refractivity contribution in [2.24, 2.45) is 0 Å². The molecule has 0 bridgehead atoms. The summed E-state index contributed by atoms with van der Waals surface area (Å²) in [5.41, 5.74) is 0.490. The van der Waals surface area contributed by atoms with Crippen molar-refractivity contribution in [1.82, 2.24) is 9.88 Å². The molecule has 0 fully saturated rings. The van der Waals surface area contributed by atoms with Crippen LogP contribution in [0.4, 0.5) is 5.13 Å². The number of anilines is 1. The summed E-state index contributed by atoms with van der Waals surface area (Å²) in [6.45, 7) is 7.09. The second-order valence-electron chi connectivity index (χ2n) is 7.64. The minimum absolute atomic E-state index is 0. The number of thiazole rings is 1. The topological polar surface area (TPSA) is 85.1 Å². The summed E-state index contributed by atoms with van der Waals surface area (Å²) in [7, 11) is 0. The average Bonchev–Trinajstić information content (AvgIpc) is 3.45. The Hall–Kier alpha value is -3.14. The van der Waals surface area contributed by atoms with E-state index in [1.165, 1.54) is 11.3 Å². The van der Waals surface area contributed by atoms with E-state index in [0.29, 0.717) is 46.2 Å². The number of carbonyl (C=O) groups is 1. The molecule has 8 nitrogen and oxygen atoms in total. The van der Waals surface area contributed by atoms with Crippen molar-refractivity contribution < 1.29 is 18.7 Å². The van der Waals surface area contributed by atoms with Gasteiger partial charge in [0.1, 0.15) is 11.1 Å². The summed E-state index contributed by atoms with van der Waals surface area (Å²) in [6.07, 6.45) is 0. The summed E-state index contributed by atoms with van der Waals surface area (Å²) in [6, 6.07) is 12.4. The fraction of sp³-hybridized carbons (Fsp3) is 0.292. The van der Waals surface area contributed by atoms with Gasteiger partial charge in [-0.2, -0.15) is 0 Å². The molecule has 5 rings (SSSR count). The molecule has 0 unspecified atom stereocenters. The third-order valence-electron chi connectivity index (χ3n) is 5.75. The van der Waals surface area contributed by atoms with E-state index < -0.39 is 11.5 Å². The molecule has 0 radical (unpaired) electrons. The van der Waals surface area contributed by atoms with Crippen molar-refractivity contribution >= 4 is 56.0 Å². The van der Waals surface area contributed by atoms with Gasteiger partial charge in [0.15, 0.2) is 16.6 Å². The zero-order valence-corrected chi connectivity index (χ0v) is 20.4. The van der Waals surface area contributed by atoms with Crippen molar-refractivity contribution in [1.29, 1.82) is 0 Å². The number of amides is 1. The maximum absolute atomic E-state index is 13.6. The van der Waals surface area contributed by atoms with Gasteiger partial charge in [0, 0.05) is 30.6 Å². The first-order valence-electron chi connectivity index (χ1n) is 10.8. The lowest BCUT2D eigenvalue weighted by Crippen LogP contribution is -2.40. The third kappa shape index (κ3) is 4.46. The monoisotopic (exact) mass is 501 g/mol. The van der Waals surface area contributed by atoms with Crippen LogP contribution >= 0.6 is 23.7 Å². The van der Waals surface area contributed by atoms with Crippen molar-refractivity contribution in [3.05, 3.63) is 58.4 Å². The SMILES string of the molecule is CCN(CC)CCN(C(=O)c1cc2ccccc2oc1=O)c1nc2cc3c(cc2s1)OCO3.Cl. The molecule has 1 amide bonds. The Labute approximate surface area is 206 Å². The van der Waals surface area contributed by atoms with E-state index in [1.807, 2.05) is 24.3 Å². The summed E-state index contributed by atoms with van der Waals surface area (Å²) in [5, 5.41) is 1.21. The fourth-order valence-electron chi connectivity index (χ4n) is 3.84. The molecule has 34 heavy (non-hydrogen) atoms. The first kappa shape index (κ1) is 24.0. The van der Waals surface area contributed by atoms with Crippen molar-refractivity contribution in [2.45, 2.75) is 13.8 Å². The molecule has 0 saturated heterocycles. The molecule has 0 aliphatic carbocycles. The number of aromatic nitrogens is 1. The van der Waals surface area contributed by atoms with E-state index in [1.54, 1.807) is 23.1 Å². The number of carbonyl (C=O) groups excluding carboxylic acids is 1. The van der Waals surface area contributed by atoms with E-state index in [9.17, 15) is 9.59 Å². The predicted molar refractivity (Wildman–Crippen MR) is 135 cm³/mol. The largest absolute Gasteiger partial charge is 0.454 e. The molecular weight excluding hydrogens is 478 g/mol. The van der Waals surface area contributed by atoms with Crippen molar-refractivity contribution in [3.8, 4) is 11.5 Å². The minimum Gasteiger partial charge on any atom is -0.454 e. The molecular formula is C24H24ClN3O5S. The summed E-state index contributed by atoms with van der Waals surface area (Å²) < 4.78 is 17.2. The van der Waals surface area contributed by atoms with Crippen LogP contribution in [0.3, 0.4) is 0 Å². The second-order valence-corrected chi connectivity index (χ2v) is 8.65. The molecule has 0 spiro atoms. The van der Waals surface area contributed by atoms with Crippen molar-refractivity contribution in [2.75, 3.05) is 37.9 Å². The zero-order valence-electron chi connectivity index (χ0n) is 18.8. The lowest BCUT2D eigenvalue weighted by atomic mass is 10.1. The molecule has 3 heterocycles. The van der Waals surface area contributed by atoms with E-state index in [0.717, 1.165) is 17.8 Å². The minimum atomic E-state index is -0.659. The standard InChI is InChI=1S/C24H23N3O5S.ClH/c1-3-26(4-2)9-10-27(22(28)16-11-15-7-5-6-8-18(15)32-23(16)29)24-25-17-12-19-20(31-14-30-19)13-21(17)33-24;/h5-8,11-13H,3-4,9-10,14H2,1-2H3;1H. The average molecular weight is 502 g/mol. The molecule has 2 aromatic carbocycles. The van der Waals surface area contributed by atoms with Gasteiger partial charge in [-0.25, -0.2) is 9.78 Å². The molecule has 178 valence electrons. The lowest BCUT2D eigenvalue weighted by Gasteiger charge is -2.24. The van der Waals surface area contributed by atoms with Crippen molar-refractivity contribution in [3.63, 3.8) is 0 Å². The van der Waals surface area contributed by atoms with Crippen LogP contribution in [0.2, 0.25) is 0 Å². The van der Waals surface area contributed by atoms with Crippen LogP contribution in [-0.4, -0.2) is 48.8 Å². The number of benzene rings is 2. The lowest BCUT2D eigenvalue weighted by molar-refractivity contribution is 0.0980. The number of hydrogen-bond donors (Lipinski definition) is 0. The van der Waals surface area contributed by atoms with Crippen LogP contribution in [0.5, 0.6) is 11.5 Å². The summed E-state index contributed by atoms with van der Waals surface area (Å²) in [5.74, 6) is 0.866. The molecule has 1 aliphatic rings. The number of fused-ring (bicyclic) bond motifs is 3. The highest BCUT2D eigenvalue weighted by Crippen LogP contribution is 2.40. The first-order chi connectivity index (χ1) is 16.1. The van der Waals surface area contributed by atoms with E-state index in [4.69, 9.17) is 18.9 Å². The Bertz CT molecular complexity index is 1360. The van der Waals surface area contributed by atoms with Crippen LogP contribution in [-0.2, 0) is 0 Å². The maximum Gasteiger partial charge on any atom is 0.349 e. The molecule has 0 N–H and O–H groups in total. The number of para-hydroxylation sites is 1. The Morgan fingerprint density at radius 2 is 1.79 bits per heavy atom. The van der Waals surface area contributed by atoms with Gasteiger partial charge in [-0.05, 0) is 25.2 Å². The van der Waals surface area contributed by atoms with Gasteiger partial charge in [0.05, 0.1) is 10.2 Å². The molecule has 1 aliphatic heterocycles. The third-order valence-corrected chi connectivity index (χ3v) is 6.79. The van der Waals surface area contributed by atoms with Gasteiger partial charge in [-0.1, -0.05) is 43.4 Å². The number of nitrogens with zero attached hydrogens (tertiary/aromatic N) is 3. The highest BCUT2D eigenvalue weighted by atomic mass is 35.5. The number of hydrogen-bond acceptors (Lipinski definition) is 8. The molecule has 0 atom stereocenters. The van der Waals surface area contributed by atoms with Crippen LogP contribution in [0, 0.1) is 0 Å². The van der Waals surface area contributed by atoms with Gasteiger partial charge in [-0.15, -0.1) is 12.4 Å². The van der Waals surface area contributed by atoms with Gasteiger partial charge >= 0.3 is 5.63 Å². The van der Waals surface area contributed by atoms with Gasteiger partial charge in [0.2, 0.25) is 6.79 Å². The predicted octanol–water partition coefficient (Wildman–Crippen LogP) is 4.54. The smallest absolute Gasteiger partial charge is 0.349 e. The molecule has 4 aromatic rings. The van der Waals surface area contributed by atoms with E-state index >= 15 is 0 Å². The van der Waals surface area contributed by atoms with Crippen LogP contribution in [0.25, 0.3) is 21.2 Å². The highest BCUT2D eigenvalue weighted by Gasteiger charge is 2.26. The summed E-state index contributed by atoms with van der Waals surface area (Å²) in [4.78, 5) is 34.8. The van der Waals surface area contributed by atoms with Crippen LogP contribution in [0.15, 0.2) is 51.7 Å². The fourth-order valence-corrected chi connectivity index (χ4v) is 4.84. The molecule has 2 aromatic heterocycles. The first-order valence-corrected chi connectivity index (χ1v) is 11.7. The van der Waals surface area contributed by atoms with Gasteiger partial charge in [-0.3, -0.25) is 9.69 Å². The highest BCUT2D eigenvalue weighted by molar-refractivity contribution is 7.22.